The van der Waals surface area contributed by atoms with Crippen LogP contribution in [0.3, 0.4) is 0 Å². The van der Waals surface area contributed by atoms with Crippen molar-refractivity contribution in [2.24, 2.45) is 0 Å². The first-order chi connectivity index (χ1) is 20.9. The van der Waals surface area contributed by atoms with Gasteiger partial charge in [0, 0.05) is 62.8 Å². The molecule has 43 heavy (non-hydrogen) atoms. The third kappa shape index (κ3) is 5.70. The van der Waals surface area contributed by atoms with Crippen LogP contribution in [0.15, 0.2) is 61.3 Å². The van der Waals surface area contributed by atoms with Crippen molar-refractivity contribution in [1.29, 1.82) is 0 Å². The number of hydrogen-bond donors (Lipinski definition) is 1. The van der Waals surface area contributed by atoms with Gasteiger partial charge in [-0.15, -0.1) is 0 Å². The normalized spacial score (nSPS) is 19.0. The van der Waals surface area contributed by atoms with Crippen LogP contribution < -0.4 is 24.8 Å². The molecule has 0 saturated carbocycles. The Balaban J connectivity index is 1.31. The van der Waals surface area contributed by atoms with E-state index in [1.807, 2.05) is 30.3 Å². The molecule has 0 radical (unpaired) electrons. The van der Waals surface area contributed by atoms with Crippen LogP contribution in [0.25, 0.3) is 0 Å². The monoisotopic (exact) mass is 602 g/mol. The predicted molar refractivity (Wildman–Crippen MR) is 169 cm³/mol. The number of para-hydroxylation sites is 1. The van der Waals surface area contributed by atoms with E-state index in [9.17, 15) is 9.59 Å². The number of fused-ring (bicyclic) bond motifs is 1. The van der Waals surface area contributed by atoms with Crippen molar-refractivity contribution in [3.63, 3.8) is 0 Å². The molecule has 2 aromatic carbocycles. The minimum absolute atomic E-state index is 0.160. The van der Waals surface area contributed by atoms with E-state index in [-0.39, 0.29) is 24.5 Å². The Morgan fingerprint density at radius 3 is 2.67 bits per heavy atom. The molecule has 1 N–H and O–H groups in total. The smallest absolute Gasteiger partial charge is 0.330 e. The molecule has 0 unspecified atom stereocenters. The highest BCUT2D eigenvalue weighted by Crippen LogP contribution is 2.38. The summed E-state index contributed by atoms with van der Waals surface area (Å²) < 4.78 is 5.74. The zero-order chi connectivity index (χ0) is 30.1. The van der Waals surface area contributed by atoms with Gasteiger partial charge in [0.1, 0.15) is 11.6 Å². The fourth-order valence-corrected chi connectivity index (χ4v) is 6.11. The maximum atomic E-state index is 14.1. The Kier molecular flexibility index (Phi) is 8.09. The molecule has 0 spiro atoms. The van der Waals surface area contributed by atoms with Gasteiger partial charge in [-0.25, -0.2) is 9.78 Å². The average molecular weight is 603 g/mol. The van der Waals surface area contributed by atoms with Gasteiger partial charge in [0.05, 0.1) is 36.1 Å². The number of urea groups is 1. The van der Waals surface area contributed by atoms with Crippen LogP contribution >= 0.6 is 11.6 Å². The molecule has 2 fully saturated rings. The summed E-state index contributed by atoms with van der Waals surface area (Å²) in [4.78, 5) is 45.6. The zero-order valence-electron chi connectivity index (χ0n) is 24.4. The van der Waals surface area contributed by atoms with Gasteiger partial charge >= 0.3 is 6.03 Å². The van der Waals surface area contributed by atoms with Crippen molar-refractivity contribution in [2.75, 3.05) is 73.4 Å². The van der Waals surface area contributed by atoms with E-state index in [0.29, 0.717) is 47.7 Å². The number of methoxy groups -OCH3 is 1. The molecule has 2 saturated heterocycles. The van der Waals surface area contributed by atoms with Crippen LogP contribution in [0.5, 0.6) is 5.75 Å². The highest BCUT2D eigenvalue weighted by molar-refractivity contribution is 6.34. The number of anilines is 5. The van der Waals surface area contributed by atoms with Crippen LogP contribution in [-0.4, -0.2) is 91.2 Å². The third-order valence-electron chi connectivity index (χ3n) is 8.29. The van der Waals surface area contributed by atoms with Gasteiger partial charge in [-0.05, 0) is 43.8 Å². The SMILES string of the molecule is C=CC(=O)N1CC[C@H](N2C(=O)N(c3ccccc3Cl)Cc3cnc(Nc4ccc(N5CCN(C)CC5)cc4OC)nc32)C1. The molecule has 12 heteroatoms. The largest absolute Gasteiger partial charge is 0.494 e. The van der Waals surface area contributed by atoms with Gasteiger partial charge in [0.25, 0.3) is 0 Å². The van der Waals surface area contributed by atoms with Crippen molar-refractivity contribution >= 4 is 52.4 Å². The van der Waals surface area contributed by atoms with Gasteiger partial charge in [0.15, 0.2) is 0 Å². The molecule has 4 heterocycles. The number of nitrogens with zero attached hydrogens (tertiary/aromatic N) is 7. The van der Waals surface area contributed by atoms with Gasteiger partial charge in [0.2, 0.25) is 11.9 Å². The van der Waals surface area contributed by atoms with Crippen molar-refractivity contribution < 1.29 is 14.3 Å². The number of likely N-dealkylation sites (tertiary alicyclic amines) is 1. The van der Waals surface area contributed by atoms with E-state index < -0.39 is 0 Å². The maximum absolute atomic E-state index is 14.1. The Morgan fingerprint density at radius 2 is 1.93 bits per heavy atom. The fourth-order valence-electron chi connectivity index (χ4n) is 5.87. The van der Waals surface area contributed by atoms with E-state index in [1.165, 1.54) is 6.08 Å². The number of rotatable bonds is 7. The van der Waals surface area contributed by atoms with Crippen LogP contribution in [0.1, 0.15) is 12.0 Å². The summed E-state index contributed by atoms with van der Waals surface area (Å²) in [6.45, 7) is 8.70. The minimum atomic E-state index is -0.277. The molecule has 6 rings (SSSR count). The lowest BCUT2D eigenvalue weighted by atomic mass is 10.1. The van der Waals surface area contributed by atoms with Gasteiger partial charge < -0.3 is 24.8 Å². The van der Waals surface area contributed by atoms with E-state index in [0.717, 1.165) is 43.1 Å². The molecular weight excluding hydrogens is 568 g/mol. The van der Waals surface area contributed by atoms with E-state index in [4.69, 9.17) is 21.3 Å². The van der Waals surface area contributed by atoms with Crippen LogP contribution in [0.2, 0.25) is 5.02 Å². The lowest BCUT2D eigenvalue weighted by molar-refractivity contribution is -0.125. The Hall–Kier alpha value is -4.35. The highest BCUT2D eigenvalue weighted by atomic mass is 35.5. The molecule has 0 aliphatic carbocycles. The predicted octanol–water partition coefficient (Wildman–Crippen LogP) is 4.37. The summed E-state index contributed by atoms with van der Waals surface area (Å²) in [5.41, 5.74) is 3.19. The number of carbonyl (C=O) groups is 2. The molecule has 3 amide bonds. The topological polar surface area (TPSA) is 97.4 Å². The van der Waals surface area contributed by atoms with E-state index in [2.05, 4.69) is 39.8 Å². The lowest BCUT2D eigenvalue weighted by Gasteiger charge is -2.39. The number of likely N-dealkylation sites (N-methyl/N-ethyl adjacent to an activating group) is 1. The molecule has 3 aliphatic heterocycles. The summed E-state index contributed by atoms with van der Waals surface area (Å²) in [7, 11) is 3.78. The zero-order valence-corrected chi connectivity index (χ0v) is 25.1. The van der Waals surface area contributed by atoms with Crippen LogP contribution in [0, 0.1) is 0 Å². The number of nitrogens with one attached hydrogen (secondary N) is 1. The summed E-state index contributed by atoms with van der Waals surface area (Å²) in [5.74, 6) is 1.36. The molecule has 0 bridgehead atoms. The molecule has 1 atom stereocenters. The third-order valence-corrected chi connectivity index (χ3v) is 8.61. The fraction of sp³-hybridized carbons (Fsp3) is 0.355. The van der Waals surface area contributed by atoms with Crippen molar-refractivity contribution in [3.8, 4) is 5.75 Å². The highest BCUT2D eigenvalue weighted by Gasteiger charge is 2.41. The van der Waals surface area contributed by atoms with Crippen LogP contribution in [0.4, 0.5) is 33.6 Å². The molecule has 11 nitrogen and oxygen atoms in total. The number of ether oxygens (including phenoxy) is 1. The first-order valence-electron chi connectivity index (χ1n) is 14.4. The maximum Gasteiger partial charge on any atom is 0.330 e. The Labute approximate surface area is 256 Å². The Morgan fingerprint density at radius 1 is 1.14 bits per heavy atom. The number of benzene rings is 2. The van der Waals surface area contributed by atoms with Crippen molar-refractivity contribution in [3.05, 3.63) is 71.9 Å². The second kappa shape index (κ2) is 12.1. The summed E-state index contributed by atoms with van der Waals surface area (Å²) in [6, 6.07) is 12.8. The lowest BCUT2D eigenvalue weighted by Crippen LogP contribution is -2.53. The number of amides is 3. The number of piperazine rings is 1. The van der Waals surface area contributed by atoms with Crippen molar-refractivity contribution in [2.45, 2.75) is 19.0 Å². The van der Waals surface area contributed by atoms with Gasteiger partial charge in [-0.3, -0.25) is 14.6 Å². The van der Waals surface area contributed by atoms with Crippen molar-refractivity contribution in [1.82, 2.24) is 19.8 Å². The first-order valence-corrected chi connectivity index (χ1v) is 14.7. The number of aromatic nitrogens is 2. The molecule has 224 valence electrons. The molecular formula is C31H35ClN8O3. The molecule has 3 aliphatic rings. The van der Waals surface area contributed by atoms with E-state index in [1.54, 1.807) is 34.1 Å². The molecule has 3 aromatic rings. The first kappa shape index (κ1) is 28.8. The standard InChI is InChI=1S/C31H35ClN8O3/c1-4-28(41)38-12-11-23(20-38)40-29-21(19-39(31(40)42)26-8-6-5-7-24(26)32)18-33-30(35-29)34-25-10-9-22(17-27(25)43-3)37-15-13-36(2)14-16-37/h4-10,17-18,23H,1,11-16,19-20H2,2-3H3,(H,33,34,35)/t23-/m0/s1. The van der Waals surface area contributed by atoms with Gasteiger partial charge in [-0.2, -0.15) is 4.98 Å². The number of hydrogen-bond acceptors (Lipinski definition) is 8. The Bertz CT molecular complexity index is 1540. The minimum Gasteiger partial charge on any atom is -0.494 e. The summed E-state index contributed by atoms with van der Waals surface area (Å²) >= 11 is 6.52. The average Bonchev–Trinajstić information content (AvgIpc) is 3.51. The van der Waals surface area contributed by atoms with Gasteiger partial charge in [-0.1, -0.05) is 30.3 Å². The summed E-state index contributed by atoms with van der Waals surface area (Å²) in [5, 5.41) is 3.77. The van der Waals surface area contributed by atoms with E-state index >= 15 is 0 Å². The number of halogens is 1. The molecule has 1 aromatic heterocycles. The second-order valence-electron chi connectivity index (χ2n) is 11.0. The second-order valence-corrected chi connectivity index (χ2v) is 11.4. The summed E-state index contributed by atoms with van der Waals surface area (Å²) in [6.07, 6.45) is 3.65. The quantitative estimate of drug-likeness (QED) is 0.398. The van der Waals surface area contributed by atoms with Crippen LogP contribution in [-0.2, 0) is 11.3 Å². The number of carbonyl (C=O) groups excluding carboxylic acids is 2.